The van der Waals surface area contributed by atoms with Crippen molar-refractivity contribution in [2.45, 2.75) is 82.9 Å². The monoisotopic (exact) mass is 473 g/mol. The van der Waals surface area contributed by atoms with Gasteiger partial charge in [-0.15, -0.1) is 0 Å². The zero-order valence-electron chi connectivity index (χ0n) is 21.1. The lowest BCUT2D eigenvalue weighted by atomic mass is 9.68. The number of benzene rings is 1. The summed E-state index contributed by atoms with van der Waals surface area (Å²) >= 11 is 0. The van der Waals surface area contributed by atoms with Gasteiger partial charge in [0, 0.05) is 12.8 Å². The van der Waals surface area contributed by atoms with Crippen LogP contribution in [0, 0.1) is 5.92 Å². The van der Waals surface area contributed by atoms with Gasteiger partial charge >= 0.3 is 5.97 Å². The van der Waals surface area contributed by atoms with Crippen LogP contribution in [0.3, 0.4) is 0 Å². The Morgan fingerprint density at radius 2 is 2.00 bits per heavy atom. The predicted octanol–water partition coefficient (Wildman–Crippen LogP) is 4.51. The Morgan fingerprint density at radius 1 is 1.26 bits per heavy atom. The van der Waals surface area contributed by atoms with Crippen LogP contribution in [0.4, 0.5) is 5.69 Å². The number of hydrogen-bond acceptors (Lipinski definition) is 7. The Labute approximate surface area is 203 Å². The Kier molecular flexibility index (Phi) is 7.55. The van der Waals surface area contributed by atoms with E-state index in [1.807, 2.05) is 24.3 Å². The second-order valence-corrected chi connectivity index (χ2v) is 10.1. The number of nitrogens with one attached hydrogen (secondary N) is 1. The highest BCUT2D eigenvalue weighted by atomic mass is 16.6. The van der Waals surface area contributed by atoms with Crippen molar-refractivity contribution in [2.24, 2.45) is 5.92 Å². The maximum absolute atomic E-state index is 12.7. The Balaban J connectivity index is 1.35. The van der Waals surface area contributed by atoms with Gasteiger partial charge in [0.25, 0.3) is 0 Å². The molecule has 34 heavy (non-hydrogen) atoms. The largest absolute Gasteiger partial charge is 0.494 e. The summed E-state index contributed by atoms with van der Waals surface area (Å²) in [4.78, 5) is 12.7. The van der Waals surface area contributed by atoms with E-state index in [2.05, 4.69) is 39.1 Å². The third-order valence-electron chi connectivity index (χ3n) is 7.28. The first-order chi connectivity index (χ1) is 16.3. The van der Waals surface area contributed by atoms with E-state index in [4.69, 9.17) is 23.7 Å². The van der Waals surface area contributed by atoms with Crippen LogP contribution in [-0.4, -0.2) is 62.4 Å². The van der Waals surface area contributed by atoms with Crippen molar-refractivity contribution in [3.63, 3.8) is 0 Å². The number of carbonyl (C=O) groups excluding carboxylic acids is 1. The third-order valence-corrected chi connectivity index (χ3v) is 7.28. The van der Waals surface area contributed by atoms with Gasteiger partial charge in [0.05, 0.1) is 25.2 Å². The van der Waals surface area contributed by atoms with Gasteiger partial charge in [0.15, 0.2) is 0 Å². The molecule has 1 aliphatic carbocycles. The standard InChI is InChI=1S/C27H39NO6/c1-6-15-31-20-10-8-19(9-11-20)28-16-23(29)33-21-13-14-27(17-32-27)25(24(21)30-5)26(4)22(34-26)12-7-18(2)3/h7-11,21-22,24-25,28H,6,12-17H2,1-5H3/t21-,22-,24-,25-,26-,27+/m1/s1. The molecule has 1 saturated carbocycles. The number of epoxide rings is 2. The molecule has 7 nitrogen and oxygen atoms in total. The number of allylic oxidation sites excluding steroid dienone is 1. The van der Waals surface area contributed by atoms with Gasteiger partial charge in [0.2, 0.25) is 0 Å². The number of hydrogen-bond donors (Lipinski definition) is 1. The van der Waals surface area contributed by atoms with E-state index >= 15 is 0 Å². The average Bonchev–Trinajstić information content (AvgIpc) is 3.74. The molecule has 7 heteroatoms. The van der Waals surface area contributed by atoms with Crippen LogP contribution in [0.2, 0.25) is 0 Å². The lowest BCUT2D eigenvalue weighted by molar-refractivity contribution is -0.170. The molecule has 2 aliphatic heterocycles. The van der Waals surface area contributed by atoms with Gasteiger partial charge in [0.1, 0.15) is 35.7 Å². The highest BCUT2D eigenvalue weighted by molar-refractivity contribution is 5.75. The molecule has 1 aromatic rings. The highest BCUT2D eigenvalue weighted by Gasteiger charge is 2.72. The zero-order chi connectivity index (χ0) is 24.3. The van der Waals surface area contributed by atoms with Crippen molar-refractivity contribution in [3.8, 4) is 5.75 Å². The van der Waals surface area contributed by atoms with Gasteiger partial charge in [-0.2, -0.15) is 0 Å². The molecular weight excluding hydrogens is 434 g/mol. The van der Waals surface area contributed by atoms with Gasteiger partial charge in [-0.3, -0.25) is 4.79 Å². The smallest absolute Gasteiger partial charge is 0.325 e. The summed E-state index contributed by atoms with van der Waals surface area (Å²) < 4.78 is 29.7. The van der Waals surface area contributed by atoms with Crippen LogP contribution in [0.5, 0.6) is 5.75 Å². The average molecular weight is 474 g/mol. The molecule has 2 saturated heterocycles. The van der Waals surface area contributed by atoms with Crippen molar-refractivity contribution < 1.29 is 28.5 Å². The fourth-order valence-electron chi connectivity index (χ4n) is 5.34. The predicted molar refractivity (Wildman–Crippen MR) is 130 cm³/mol. The van der Waals surface area contributed by atoms with Crippen molar-refractivity contribution in [1.29, 1.82) is 0 Å². The molecule has 0 bridgehead atoms. The molecule has 3 aliphatic rings. The molecule has 1 N–H and O–H groups in total. The van der Waals surface area contributed by atoms with Crippen LogP contribution in [0.1, 0.15) is 53.4 Å². The van der Waals surface area contributed by atoms with E-state index < -0.39 is 0 Å². The zero-order valence-corrected chi connectivity index (χ0v) is 21.1. The molecule has 188 valence electrons. The lowest BCUT2D eigenvalue weighted by Crippen LogP contribution is -2.55. The molecule has 0 amide bonds. The Morgan fingerprint density at radius 3 is 2.62 bits per heavy atom. The fraction of sp³-hybridized carbons (Fsp3) is 0.667. The normalized spacial score (nSPS) is 33.8. The summed E-state index contributed by atoms with van der Waals surface area (Å²) in [6.07, 6.45) is 5.16. The van der Waals surface area contributed by atoms with E-state index in [9.17, 15) is 4.79 Å². The second kappa shape index (κ2) is 10.3. The first-order valence-electron chi connectivity index (χ1n) is 12.5. The molecule has 2 heterocycles. The van der Waals surface area contributed by atoms with Crippen molar-refractivity contribution in [2.75, 3.05) is 32.2 Å². The van der Waals surface area contributed by atoms with Crippen LogP contribution >= 0.6 is 0 Å². The van der Waals surface area contributed by atoms with Crippen LogP contribution < -0.4 is 10.1 Å². The molecule has 6 atom stereocenters. The Hall–Kier alpha value is -2.09. The van der Waals surface area contributed by atoms with Crippen molar-refractivity contribution in [3.05, 3.63) is 35.9 Å². The molecule has 0 radical (unpaired) electrons. The number of methoxy groups -OCH3 is 1. The minimum absolute atomic E-state index is 0.0238. The van der Waals surface area contributed by atoms with Crippen LogP contribution in [0.15, 0.2) is 35.9 Å². The van der Waals surface area contributed by atoms with E-state index in [0.29, 0.717) is 13.2 Å². The molecule has 0 unspecified atom stereocenters. The first-order valence-corrected chi connectivity index (χ1v) is 12.5. The summed E-state index contributed by atoms with van der Waals surface area (Å²) in [5.41, 5.74) is 1.56. The fourth-order valence-corrected chi connectivity index (χ4v) is 5.34. The van der Waals surface area contributed by atoms with E-state index in [1.54, 1.807) is 7.11 Å². The van der Waals surface area contributed by atoms with E-state index in [-0.39, 0.29) is 47.9 Å². The SMILES string of the molecule is CCCOc1ccc(NCC(=O)O[C@@H]2CC[C@]3(CO3)[C@@H]([C@]3(C)O[C@@H]3CC=C(C)C)[C@@H]2OC)cc1. The summed E-state index contributed by atoms with van der Waals surface area (Å²) in [6.45, 7) is 9.91. The molecule has 3 fully saturated rings. The summed E-state index contributed by atoms with van der Waals surface area (Å²) in [6, 6.07) is 7.60. The summed E-state index contributed by atoms with van der Waals surface area (Å²) in [7, 11) is 1.69. The molecule has 1 spiro atoms. The lowest BCUT2D eigenvalue weighted by Gasteiger charge is -2.42. The number of esters is 1. The molecule has 1 aromatic carbocycles. The minimum Gasteiger partial charge on any atom is -0.494 e. The maximum atomic E-state index is 12.7. The van der Waals surface area contributed by atoms with Gasteiger partial charge in [-0.1, -0.05) is 18.6 Å². The Bertz CT molecular complexity index is 876. The van der Waals surface area contributed by atoms with Gasteiger partial charge < -0.3 is 29.0 Å². The van der Waals surface area contributed by atoms with Gasteiger partial charge in [-0.05, 0) is 70.7 Å². The highest BCUT2D eigenvalue weighted by Crippen LogP contribution is 2.59. The maximum Gasteiger partial charge on any atom is 0.325 e. The van der Waals surface area contributed by atoms with Crippen LogP contribution in [-0.2, 0) is 23.7 Å². The minimum atomic E-state index is -0.339. The van der Waals surface area contributed by atoms with E-state index in [1.165, 1.54) is 5.57 Å². The second-order valence-electron chi connectivity index (χ2n) is 10.1. The third kappa shape index (κ3) is 5.42. The molecule has 0 aromatic heterocycles. The molecule has 4 rings (SSSR count). The quantitative estimate of drug-likeness (QED) is 0.288. The van der Waals surface area contributed by atoms with E-state index in [0.717, 1.165) is 37.1 Å². The summed E-state index contributed by atoms with van der Waals surface area (Å²) in [5.74, 6) is 0.546. The van der Waals surface area contributed by atoms with Gasteiger partial charge in [-0.25, -0.2) is 0 Å². The first kappa shape index (κ1) is 25.0. The number of carbonyl (C=O) groups is 1. The number of rotatable bonds is 11. The number of ether oxygens (including phenoxy) is 5. The van der Waals surface area contributed by atoms with Crippen molar-refractivity contribution in [1.82, 2.24) is 0 Å². The molecular formula is C27H39NO6. The number of anilines is 1. The summed E-state index contributed by atoms with van der Waals surface area (Å²) in [5, 5.41) is 3.14. The topological polar surface area (TPSA) is 81.9 Å². The van der Waals surface area contributed by atoms with Crippen LogP contribution in [0.25, 0.3) is 0 Å². The van der Waals surface area contributed by atoms with Crippen molar-refractivity contribution >= 4 is 11.7 Å².